The van der Waals surface area contributed by atoms with Crippen LogP contribution in [0.5, 0.6) is 0 Å². The lowest BCUT2D eigenvalue weighted by molar-refractivity contribution is -0.215. The summed E-state index contributed by atoms with van der Waals surface area (Å²) in [6.07, 6.45) is -4.82. The largest absolute Gasteiger partial charge is 0.391 e. The van der Waals surface area contributed by atoms with Crippen molar-refractivity contribution in [2.75, 3.05) is 0 Å². The van der Waals surface area contributed by atoms with E-state index in [4.69, 9.17) is 5.11 Å². The topological polar surface area (TPSA) is 118 Å². The van der Waals surface area contributed by atoms with E-state index in [-0.39, 0.29) is 0 Å². The molecule has 6 nitrogen and oxygen atoms in total. The molecule has 0 bridgehead atoms. The molecule has 5 N–H and O–H groups in total. The molecule has 0 aromatic heterocycles. The maximum atomic E-state index is 11.1. The number of aliphatic hydroxyl groups excluding tert-OH is 3. The fourth-order valence-corrected chi connectivity index (χ4v) is 1.24. The highest BCUT2D eigenvalue weighted by Crippen LogP contribution is 2.28. The van der Waals surface area contributed by atoms with E-state index in [0.29, 0.717) is 0 Å². The molecule has 0 rings (SSSR count). The molecule has 0 aliphatic carbocycles. The van der Waals surface area contributed by atoms with E-state index in [1.54, 1.807) is 0 Å². The van der Waals surface area contributed by atoms with E-state index >= 15 is 0 Å². The fraction of sp³-hybridized carbons (Fsp3) is 0.900. The molecule has 16 heavy (non-hydrogen) atoms. The summed E-state index contributed by atoms with van der Waals surface area (Å²) in [5.74, 6) is -0.755. The van der Waals surface area contributed by atoms with Gasteiger partial charge in [0.25, 0.3) is 0 Å². The van der Waals surface area contributed by atoms with Crippen LogP contribution in [0.1, 0.15) is 27.7 Å². The Bertz CT molecular complexity index is 258. The summed E-state index contributed by atoms with van der Waals surface area (Å²) in [5, 5.41) is 47.8. The van der Waals surface area contributed by atoms with Gasteiger partial charge in [0.2, 0.25) is 0 Å². The zero-order chi connectivity index (χ0) is 13.3. The normalized spacial score (nSPS) is 25.1. The molecule has 0 amide bonds. The molecule has 96 valence electrons. The van der Waals surface area contributed by atoms with Crippen LogP contribution in [0.4, 0.5) is 0 Å². The van der Waals surface area contributed by atoms with Gasteiger partial charge in [0, 0.05) is 0 Å². The molecule has 6 heteroatoms. The van der Waals surface area contributed by atoms with E-state index in [1.807, 2.05) is 0 Å². The third-order valence-corrected chi connectivity index (χ3v) is 3.06. The van der Waals surface area contributed by atoms with Crippen LogP contribution in [-0.2, 0) is 4.79 Å². The third-order valence-electron chi connectivity index (χ3n) is 3.06. The summed E-state index contributed by atoms with van der Waals surface area (Å²) in [7, 11) is 0. The Balaban J connectivity index is 5.12. The van der Waals surface area contributed by atoms with Crippen molar-refractivity contribution in [2.24, 2.45) is 0 Å². The van der Waals surface area contributed by atoms with Crippen molar-refractivity contribution in [1.82, 2.24) is 0 Å². The first-order chi connectivity index (χ1) is 6.96. The summed E-state index contributed by atoms with van der Waals surface area (Å²) in [6, 6.07) is 0. The van der Waals surface area contributed by atoms with Gasteiger partial charge in [-0.2, -0.15) is 0 Å². The molecule has 0 radical (unpaired) electrons. The third kappa shape index (κ3) is 2.58. The number of carbonyl (C=O) groups excluding carboxylic acids is 1. The number of Topliss-reactive ketones (excluding diaryl/α,β-unsaturated/α-hetero) is 1. The van der Waals surface area contributed by atoms with Crippen LogP contribution in [0.3, 0.4) is 0 Å². The molecule has 0 aromatic carbocycles. The highest BCUT2D eigenvalue weighted by Gasteiger charge is 2.53. The van der Waals surface area contributed by atoms with Gasteiger partial charge in [-0.3, -0.25) is 4.79 Å². The van der Waals surface area contributed by atoms with Gasteiger partial charge in [0.15, 0.2) is 11.4 Å². The zero-order valence-electron chi connectivity index (χ0n) is 9.88. The Morgan fingerprint density at radius 2 is 1.50 bits per heavy atom. The standard InChI is InChI=1S/C10H20O6/c1-5(11)7(13)8(14)10(4,16)9(3,15)6(2)12/h5,7-8,11,13-16H,1-4H3/t5?,7-,8-,9+,10+/m1/s1. The van der Waals surface area contributed by atoms with Crippen molar-refractivity contribution in [2.45, 2.75) is 57.2 Å². The maximum Gasteiger partial charge on any atom is 0.164 e. The molecule has 0 spiro atoms. The minimum absolute atomic E-state index is 0.755. The van der Waals surface area contributed by atoms with Crippen LogP contribution in [-0.4, -0.2) is 60.8 Å². The van der Waals surface area contributed by atoms with Crippen molar-refractivity contribution in [1.29, 1.82) is 0 Å². The summed E-state index contributed by atoms with van der Waals surface area (Å²) < 4.78 is 0. The van der Waals surface area contributed by atoms with E-state index in [9.17, 15) is 25.2 Å². The molecule has 0 aliphatic heterocycles. The average molecular weight is 236 g/mol. The van der Waals surface area contributed by atoms with Crippen LogP contribution in [0.25, 0.3) is 0 Å². The minimum Gasteiger partial charge on any atom is -0.391 e. The van der Waals surface area contributed by atoms with Crippen LogP contribution in [0, 0.1) is 0 Å². The van der Waals surface area contributed by atoms with Gasteiger partial charge in [-0.15, -0.1) is 0 Å². The van der Waals surface area contributed by atoms with Crippen molar-refractivity contribution in [3.63, 3.8) is 0 Å². The van der Waals surface area contributed by atoms with E-state index < -0.39 is 35.3 Å². The lowest BCUT2D eigenvalue weighted by atomic mass is 9.76. The Morgan fingerprint density at radius 1 is 1.12 bits per heavy atom. The molecule has 0 fully saturated rings. The quantitative estimate of drug-likeness (QED) is 0.383. The minimum atomic E-state index is -2.27. The second kappa shape index (κ2) is 4.77. The highest BCUT2D eigenvalue weighted by atomic mass is 16.4. The molecular weight excluding hydrogens is 216 g/mol. The fourth-order valence-electron chi connectivity index (χ4n) is 1.24. The first-order valence-corrected chi connectivity index (χ1v) is 4.96. The molecule has 0 heterocycles. The Labute approximate surface area is 94.2 Å². The summed E-state index contributed by atoms with van der Waals surface area (Å²) in [6.45, 7) is 4.32. The first kappa shape index (κ1) is 15.5. The number of hydrogen-bond donors (Lipinski definition) is 5. The Hall–Kier alpha value is -0.530. The molecule has 0 aromatic rings. The number of carbonyl (C=O) groups is 1. The lowest BCUT2D eigenvalue weighted by Gasteiger charge is -2.42. The Morgan fingerprint density at radius 3 is 1.75 bits per heavy atom. The lowest BCUT2D eigenvalue weighted by Crippen LogP contribution is -2.65. The second-order valence-electron chi connectivity index (χ2n) is 4.45. The van der Waals surface area contributed by atoms with Crippen LogP contribution in [0.15, 0.2) is 0 Å². The first-order valence-electron chi connectivity index (χ1n) is 4.96. The second-order valence-corrected chi connectivity index (χ2v) is 4.45. The molecule has 0 saturated heterocycles. The smallest absolute Gasteiger partial charge is 0.164 e. The predicted octanol–water partition coefficient (Wildman–Crippen LogP) is -1.82. The van der Waals surface area contributed by atoms with Gasteiger partial charge in [-0.25, -0.2) is 0 Å². The van der Waals surface area contributed by atoms with E-state index in [2.05, 4.69) is 0 Å². The molecule has 5 atom stereocenters. The average Bonchev–Trinajstić information content (AvgIpc) is 2.14. The van der Waals surface area contributed by atoms with Gasteiger partial charge in [-0.1, -0.05) is 0 Å². The molecule has 0 aliphatic rings. The van der Waals surface area contributed by atoms with Crippen molar-refractivity contribution >= 4 is 5.78 Å². The van der Waals surface area contributed by atoms with Gasteiger partial charge >= 0.3 is 0 Å². The molecule has 1 unspecified atom stereocenters. The summed E-state index contributed by atoms with van der Waals surface area (Å²) in [5.41, 5.74) is -4.49. The number of hydrogen-bond acceptors (Lipinski definition) is 6. The monoisotopic (exact) mass is 236 g/mol. The van der Waals surface area contributed by atoms with Crippen molar-refractivity contribution < 1.29 is 30.3 Å². The predicted molar refractivity (Wildman–Crippen MR) is 55.6 cm³/mol. The van der Waals surface area contributed by atoms with Crippen molar-refractivity contribution in [3.8, 4) is 0 Å². The molecule has 0 saturated carbocycles. The van der Waals surface area contributed by atoms with E-state index in [1.165, 1.54) is 6.92 Å². The zero-order valence-corrected chi connectivity index (χ0v) is 9.88. The molecular formula is C10H20O6. The van der Waals surface area contributed by atoms with Gasteiger partial charge < -0.3 is 25.5 Å². The van der Waals surface area contributed by atoms with E-state index in [0.717, 1.165) is 20.8 Å². The van der Waals surface area contributed by atoms with Crippen LogP contribution < -0.4 is 0 Å². The summed E-state index contributed by atoms with van der Waals surface area (Å²) >= 11 is 0. The number of aliphatic hydroxyl groups is 5. The van der Waals surface area contributed by atoms with Crippen LogP contribution >= 0.6 is 0 Å². The van der Waals surface area contributed by atoms with Gasteiger partial charge in [0.05, 0.1) is 6.10 Å². The number of rotatable bonds is 5. The number of ketones is 1. The van der Waals surface area contributed by atoms with Crippen molar-refractivity contribution in [3.05, 3.63) is 0 Å². The highest BCUT2D eigenvalue weighted by molar-refractivity contribution is 5.85. The summed E-state index contributed by atoms with van der Waals surface area (Å²) in [4.78, 5) is 11.1. The van der Waals surface area contributed by atoms with Gasteiger partial charge in [-0.05, 0) is 27.7 Å². The van der Waals surface area contributed by atoms with Gasteiger partial charge in [0.1, 0.15) is 17.8 Å². The maximum absolute atomic E-state index is 11.1. The van der Waals surface area contributed by atoms with Crippen LogP contribution in [0.2, 0.25) is 0 Å². The SMILES string of the molecule is CC(=O)[C@](C)(O)[C@@](C)(O)[C@H](O)[C@H](O)C(C)O. The Kier molecular flexibility index (Phi) is 4.61.